The molecule has 1 atom stereocenters. The lowest BCUT2D eigenvalue weighted by Crippen LogP contribution is -2.41. The number of hydrogen-bond acceptors (Lipinski definition) is 5. The Kier molecular flexibility index (Phi) is 3.10. The summed E-state index contributed by atoms with van der Waals surface area (Å²) in [4.78, 5) is 25.3. The lowest BCUT2D eigenvalue weighted by atomic mass is 10.1. The standard InChI is InChI=1S/C15H17N7O/c1-9-7-10(2)22-15(17-9)19-13(20-22)14(23)18-11-3-4-12-16-5-6-21(12)8-11/h5-7,11H,3-4,8H2,1-2H3,(H,18,23)/t11-/m1/s1. The molecule has 8 heteroatoms. The Hall–Kier alpha value is -2.77. The zero-order valence-electron chi connectivity index (χ0n) is 13.0. The van der Waals surface area contributed by atoms with Crippen LogP contribution in [-0.2, 0) is 13.0 Å². The van der Waals surface area contributed by atoms with E-state index in [1.807, 2.05) is 26.1 Å². The zero-order chi connectivity index (χ0) is 16.0. The van der Waals surface area contributed by atoms with Gasteiger partial charge in [-0.25, -0.2) is 14.5 Å². The van der Waals surface area contributed by atoms with Gasteiger partial charge in [-0.3, -0.25) is 4.79 Å². The van der Waals surface area contributed by atoms with E-state index in [4.69, 9.17) is 0 Å². The van der Waals surface area contributed by atoms with Crippen LogP contribution in [0.4, 0.5) is 0 Å². The van der Waals surface area contributed by atoms with Crippen LogP contribution in [0, 0.1) is 13.8 Å². The van der Waals surface area contributed by atoms with E-state index in [1.165, 1.54) is 0 Å². The molecule has 0 bridgehead atoms. The maximum absolute atomic E-state index is 12.4. The average molecular weight is 311 g/mol. The maximum atomic E-state index is 12.4. The SMILES string of the molecule is Cc1cc(C)n2nc(C(=O)N[C@@H]3CCc4nccn4C3)nc2n1. The van der Waals surface area contributed by atoms with Gasteiger partial charge in [0.15, 0.2) is 0 Å². The van der Waals surface area contributed by atoms with Crippen molar-refractivity contribution in [2.24, 2.45) is 0 Å². The van der Waals surface area contributed by atoms with Gasteiger partial charge in [0.05, 0.1) is 0 Å². The molecular weight excluding hydrogens is 294 g/mol. The Morgan fingerprint density at radius 1 is 1.35 bits per heavy atom. The molecule has 4 heterocycles. The largest absolute Gasteiger partial charge is 0.345 e. The minimum Gasteiger partial charge on any atom is -0.345 e. The van der Waals surface area contributed by atoms with Crippen molar-refractivity contribution in [3.05, 3.63) is 41.5 Å². The summed E-state index contributed by atoms with van der Waals surface area (Å²) in [6.07, 6.45) is 5.45. The second-order valence-corrected chi connectivity index (χ2v) is 5.89. The van der Waals surface area contributed by atoms with Crippen molar-refractivity contribution in [3.8, 4) is 0 Å². The highest BCUT2D eigenvalue weighted by Crippen LogP contribution is 2.13. The number of nitrogens with zero attached hydrogens (tertiary/aromatic N) is 6. The van der Waals surface area contributed by atoms with Crippen molar-refractivity contribution in [2.45, 2.75) is 39.3 Å². The Morgan fingerprint density at radius 3 is 3.09 bits per heavy atom. The highest BCUT2D eigenvalue weighted by molar-refractivity contribution is 5.91. The minimum absolute atomic E-state index is 0.0617. The second-order valence-electron chi connectivity index (χ2n) is 5.89. The van der Waals surface area contributed by atoms with Gasteiger partial charge in [-0.2, -0.15) is 4.98 Å². The molecule has 3 aromatic rings. The number of nitrogens with one attached hydrogen (secondary N) is 1. The normalized spacial score (nSPS) is 17.2. The van der Waals surface area contributed by atoms with Gasteiger partial charge >= 0.3 is 0 Å². The van der Waals surface area contributed by atoms with Crippen molar-refractivity contribution in [1.82, 2.24) is 34.4 Å². The van der Waals surface area contributed by atoms with Crippen molar-refractivity contribution in [3.63, 3.8) is 0 Å². The quantitative estimate of drug-likeness (QED) is 0.752. The highest BCUT2D eigenvalue weighted by Gasteiger charge is 2.23. The summed E-state index contributed by atoms with van der Waals surface area (Å²) < 4.78 is 3.66. The Balaban J connectivity index is 1.55. The first-order chi connectivity index (χ1) is 11.1. The number of hydrogen-bond donors (Lipinski definition) is 1. The maximum Gasteiger partial charge on any atom is 0.291 e. The van der Waals surface area contributed by atoms with E-state index in [2.05, 4.69) is 29.9 Å². The van der Waals surface area contributed by atoms with Crippen LogP contribution >= 0.6 is 0 Å². The molecule has 118 valence electrons. The van der Waals surface area contributed by atoms with E-state index in [1.54, 1.807) is 10.7 Å². The van der Waals surface area contributed by atoms with E-state index in [0.29, 0.717) is 5.78 Å². The molecule has 1 aliphatic rings. The van der Waals surface area contributed by atoms with Crippen molar-refractivity contribution >= 4 is 11.7 Å². The lowest BCUT2D eigenvalue weighted by molar-refractivity contribution is 0.0917. The summed E-state index contributed by atoms with van der Waals surface area (Å²) in [5, 5.41) is 7.27. The topological polar surface area (TPSA) is 90.0 Å². The first kappa shape index (κ1) is 13.9. The molecule has 0 saturated carbocycles. The fourth-order valence-corrected chi connectivity index (χ4v) is 3.00. The third-order valence-corrected chi connectivity index (χ3v) is 4.09. The van der Waals surface area contributed by atoms with Crippen LogP contribution in [-0.4, -0.2) is 41.1 Å². The Labute approximate surface area is 132 Å². The van der Waals surface area contributed by atoms with Gasteiger partial charge < -0.3 is 9.88 Å². The van der Waals surface area contributed by atoms with Crippen LogP contribution in [0.25, 0.3) is 5.78 Å². The first-order valence-electron chi connectivity index (χ1n) is 7.62. The van der Waals surface area contributed by atoms with Gasteiger partial charge in [-0.1, -0.05) is 0 Å². The van der Waals surface area contributed by atoms with E-state index in [9.17, 15) is 4.79 Å². The second kappa shape index (κ2) is 5.15. The predicted molar refractivity (Wildman–Crippen MR) is 82.1 cm³/mol. The number of aromatic nitrogens is 6. The van der Waals surface area contributed by atoms with Crippen molar-refractivity contribution in [1.29, 1.82) is 0 Å². The molecule has 0 spiro atoms. The van der Waals surface area contributed by atoms with Gasteiger partial charge in [0, 0.05) is 42.8 Å². The number of amides is 1. The molecule has 1 N–H and O–H groups in total. The smallest absolute Gasteiger partial charge is 0.291 e. The van der Waals surface area contributed by atoms with Crippen LogP contribution < -0.4 is 5.32 Å². The third-order valence-electron chi connectivity index (χ3n) is 4.09. The summed E-state index contributed by atoms with van der Waals surface area (Å²) >= 11 is 0. The molecule has 0 radical (unpaired) electrons. The molecule has 1 amide bonds. The van der Waals surface area contributed by atoms with E-state index >= 15 is 0 Å². The molecule has 8 nitrogen and oxygen atoms in total. The molecule has 4 rings (SSSR count). The monoisotopic (exact) mass is 311 g/mol. The van der Waals surface area contributed by atoms with Crippen LogP contribution in [0.3, 0.4) is 0 Å². The number of fused-ring (bicyclic) bond motifs is 2. The minimum atomic E-state index is -0.263. The Bertz CT molecular complexity index is 895. The van der Waals surface area contributed by atoms with Gasteiger partial charge in [0.25, 0.3) is 11.7 Å². The van der Waals surface area contributed by atoms with Crippen LogP contribution in [0.5, 0.6) is 0 Å². The first-order valence-corrected chi connectivity index (χ1v) is 7.62. The van der Waals surface area contributed by atoms with E-state index in [-0.39, 0.29) is 17.8 Å². The van der Waals surface area contributed by atoms with E-state index < -0.39 is 0 Å². The fourth-order valence-electron chi connectivity index (χ4n) is 3.00. The highest BCUT2D eigenvalue weighted by atomic mass is 16.2. The number of carbonyl (C=O) groups excluding carboxylic acids is 1. The number of rotatable bonds is 2. The number of imidazole rings is 1. The molecule has 3 aromatic heterocycles. The Morgan fingerprint density at radius 2 is 2.22 bits per heavy atom. The van der Waals surface area contributed by atoms with Gasteiger partial charge in [0.2, 0.25) is 5.82 Å². The van der Waals surface area contributed by atoms with Crippen LogP contribution in [0.2, 0.25) is 0 Å². The zero-order valence-corrected chi connectivity index (χ0v) is 13.0. The molecule has 0 fully saturated rings. The number of carbonyl (C=O) groups is 1. The van der Waals surface area contributed by atoms with Gasteiger partial charge in [-0.15, -0.1) is 5.10 Å². The number of aryl methyl sites for hydroxylation is 3. The molecule has 0 aliphatic carbocycles. The molecule has 0 aromatic carbocycles. The van der Waals surface area contributed by atoms with Crippen molar-refractivity contribution in [2.75, 3.05) is 0 Å². The summed E-state index contributed by atoms with van der Waals surface area (Å²) in [7, 11) is 0. The molecule has 0 saturated heterocycles. The van der Waals surface area contributed by atoms with Crippen molar-refractivity contribution < 1.29 is 4.79 Å². The molecular formula is C15H17N7O. The molecule has 23 heavy (non-hydrogen) atoms. The third kappa shape index (κ3) is 2.45. The lowest BCUT2D eigenvalue weighted by Gasteiger charge is -2.24. The summed E-state index contributed by atoms with van der Waals surface area (Å²) in [5.74, 6) is 1.41. The van der Waals surface area contributed by atoms with Gasteiger partial charge in [0.1, 0.15) is 5.82 Å². The average Bonchev–Trinajstić information content (AvgIpc) is 3.12. The summed E-state index contributed by atoms with van der Waals surface area (Å²) in [6.45, 7) is 4.54. The van der Waals surface area contributed by atoms with Crippen LogP contribution in [0.15, 0.2) is 18.5 Å². The van der Waals surface area contributed by atoms with Crippen LogP contribution in [0.1, 0.15) is 34.3 Å². The molecule has 1 aliphatic heterocycles. The fraction of sp³-hybridized carbons (Fsp3) is 0.400. The summed E-state index contributed by atoms with van der Waals surface area (Å²) in [5.41, 5.74) is 1.76. The van der Waals surface area contributed by atoms with E-state index in [0.717, 1.165) is 36.6 Å². The molecule has 0 unspecified atom stereocenters. The predicted octanol–water partition coefficient (Wildman–Crippen LogP) is 0.682. The summed E-state index contributed by atoms with van der Waals surface area (Å²) in [6, 6.07) is 1.97. The van der Waals surface area contributed by atoms with Gasteiger partial charge in [-0.05, 0) is 26.3 Å².